The van der Waals surface area contributed by atoms with Crippen LogP contribution in [0.2, 0.25) is 0 Å². The number of hydrogen-bond donors (Lipinski definition) is 1. The molecule has 3 aromatic rings. The minimum atomic E-state index is -0.177. The van der Waals surface area contributed by atoms with Crippen molar-refractivity contribution in [1.29, 1.82) is 0 Å². The van der Waals surface area contributed by atoms with E-state index in [0.29, 0.717) is 36.2 Å². The number of carbonyl (C=O) groups is 2. The minimum Gasteiger partial charge on any atom is -0.378 e. The maximum Gasteiger partial charge on any atom is 0.253 e. The molecule has 2 aromatic carbocycles. The van der Waals surface area contributed by atoms with Crippen LogP contribution in [0.3, 0.4) is 0 Å². The zero-order chi connectivity index (χ0) is 23.9. The fourth-order valence-electron chi connectivity index (χ4n) is 3.67. The van der Waals surface area contributed by atoms with E-state index in [-0.39, 0.29) is 17.6 Å². The number of anilines is 2. The van der Waals surface area contributed by atoms with Crippen LogP contribution in [0.15, 0.2) is 53.7 Å². The number of morpholine rings is 1. The molecule has 1 fully saturated rings. The smallest absolute Gasteiger partial charge is 0.253 e. The highest BCUT2D eigenvalue weighted by Crippen LogP contribution is 2.23. The molecule has 11 heteroatoms. The Bertz CT molecular complexity index is 1130. The Morgan fingerprint density at radius 3 is 2.56 bits per heavy atom. The van der Waals surface area contributed by atoms with Gasteiger partial charge in [-0.15, -0.1) is 5.10 Å². The molecule has 34 heavy (non-hydrogen) atoms. The molecular weight excluding hydrogens is 454 g/mol. The Hall–Kier alpha value is -3.44. The highest BCUT2D eigenvalue weighted by atomic mass is 32.2. The Morgan fingerprint density at radius 2 is 1.85 bits per heavy atom. The molecule has 0 saturated carbocycles. The van der Waals surface area contributed by atoms with Crippen LogP contribution in [0.25, 0.3) is 0 Å². The van der Waals surface area contributed by atoms with E-state index in [1.165, 1.54) is 16.4 Å². The van der Waals surface area contributed by atoms with E-state index < -0.39 is 0 Å². The van der Waals surface area contributed by atoms with E-state index in [1.54, 1.807) is 43.3 Å². The van der Waals surface area contributed by atoms with Gasteiger partial charge in [0, 0.05) is 50.7 Å². The third-order valence-electron chi connectivity index (χ3n) is 5.43. The first-order chi connectivity index (χ1) is 16.5. The maximum absolute atomic E-state index is 13.0. The molecule has 0 unspecified atom stereocenters. The number of carbonyl (C=O) groups excluding carboxylic acids is 2. The second kappa shape index (κ2) is 11.1. The molecule has 0 radical (unpaired) electrons. The van der Waals surface area contributed by atoms with Crippen LogP contribution < -0.4 is 10.2 Å². The fraction of sp³-hybridized carbons (Fsp3) is 0.348. The van der Waals surface area contributed by atoms with Crippen LogP contribution in [0.5, 0.6) is 0 Å². The van der Waals surface area contributed by atoms with Crippen molar-refractivity contribution in [2.45, 2.75) is 11.7 Å². The molecule has 4 rings (SSSR count). The summed E-state index contributed by atoms with van der Waals surface area (Å²) >= 11 is 1.25. The summed E-state index contributed by atoms with van der Waals surface area (Å²) in [6.07, 6.45) is 0. The number of aromatic nitrogens is 4. The number of benzene rings is 2. The molecule has 178 valence electrons. The summed E-state index contributed by atoms with van der Waals surface area (Å²) in [7, 11) is 3.51. The van der Waals surface area contributed by atoms with Gasteiger partial charge < -0.3 is 19.9 Å². The molecule has 2 amide bonds. The van der Waals surface area contributed by atoms with Crippen molar-refractivity contribution >= 4 is 35.0 Å². The number of para-hydroxylation sites is 1. The third-order valence-corrected chi connectivity index (χ3v) is 6.44. The van der Waals surface area contributed by atoms with E-state index in [2.05, 4.69) is 37.9 Å². The number of hydrogen-bond acceptors (Lipinski definition) is 8. The SMILES string of the molecule is CN(Cc1ccccc1N1CCOCC1)C(=O)c1ccc(NC(=O)CSc2nnnn2C)cc1. The molecule has 1 saturated heterocycles. The minimum absolute atomic E-state index is 0.0833. The first-order valence-electron chi connectivity index (χ1n) is 10.9. The van der Waals surface area contributed by atoms with Gasteiger partial charge in [0.15, 0.2) is 0 Å². The van der Waals surface area contributed by atoms with Crippen molar-refractivity contribution in [3.8, 4) is 0 Å². The van der Waals surface area contributed by atoms with E-state index >= 15 is 0 Å². The van der Waals surface area contributed by atoms with Crippen molar-refractivity contribution in [2.75, 3.05) is 49.3 Å². The van der Waals surface area contributed by atoms with E-state index in [0.717, 1.165) is 24.3 Å². The quantitative estimate of drug-likeness (QED) is 0.488. The summed E-state index contributed by atoms with van der Waals surface area (Å²) in [5.74, 6) is -0.0795. The maximum atomic E-state index is 13.0. The van der Waals surface area contributed by atoms with Crippen molar-refractivity contribution in [3.05, 3.63) is 59.7 Å². The van der Waals surface area contributed by atoms with Crippen LogP contribution in [0, 0.1) is 0 Å². The second-order valence-electron chi connectivity index (χ2n) is 7.89. The zero-order valence-electron chi connectivity index (χ0n) is 19.2. The lowest BCUT2D eigenvalue weighted by Crippen LogP contribution is -2.37. The van der Waals surface area contributed by atoms with Crippen LogP contribution in [-0.4, -0.2) is 76.0 Å². The van der Waals surface area contributed by atoms with Gasteiger partial charge in [-0.3, -0.25) is 9.59 Å². The standard InChI is InChI=1S/C23H27N7O3S/c1-28(15-18-5-3-4-6-20(18)30-11-13-33-14-12-30)22(32)17-7-9-19(10-8-17)24-21(31)16-34-23-25-26-27-29(23)2/h3-10H,11-16H2,1-2H3,(H,24,31). The molecule has 0 aliphatic carbocycles. The van der Waals surface area contributed by atoms with Crippen LogP contribution in [0.1, 0.15) is 15.9 Å². The molecule has 0 spiro atoms. The van der Waals surface area contributed by atoms with E-state index in [1.807, 2.05) is 12.1 Å². The first-order valence-corrected chi connectivity index (χ1v) is 11.9. The predicted molar refractivity (Wildman–Crippen MR) is 130 cm³/mol. The summed E-state index contributed by atoms with van der Waals surface area (Å²) in [4.78, 5) is 29.2. The van der Waals surface area contributed by atoms with E-state index in [9.17, 15) is 9.59 Å². The normalized spacial score (nSPS) is 13.5. The number of aryl methyl sites for hydroxylation is 1. The van der Waals surface area contributed by atoms with Gasteiger partial charge in [0.2, 0.25) is 11.1 Å². The number of nitrogens with one attached hydrogen (secondary N) is 1. The lowest BCUT2D eigenvalue weighted by atomic mass is 10.1. The highest BCUT2D eigenvalue weighted by molar-refractivity contribution is 7.99. The number of ether oxygens (including phenoxy) is 1. The van der Waals surface area contributed by atoms with Gasteiger partial charge in [0.05, 0.1) is 19.0 Å². The molecule has 2 heterocycles. The number of tetrazole rings is 1. The number of thioether (sulfide) groups is 1. The number of rotatable bonds is 8. The average molecular weight is 482 g/mol. The number of amides is 2. The Balaban J connectivity index is 1.33. The largest absolute Gasteiger partial charge is 0.378 e. The van der Waals surface area contributed by atoms with Crippen molar-refractivity contribution < 1.29 is 14.3 Å². The van der Waals surface area contributed by atoms with Crippen molar-refractivity contribution in [1.82, 2.24) is 25.1 Å². The summed E-state index contributed by atoms with van der Waals surface area (Å²) in [6.45, 7) is 3.61. The number of nitrogens with zero attached hydrogens (tertiary/aromatic N) is 6. The molecule has 1 aliphatic rings. The lowest BCUT2D eigenvalue weighted by molar-refractivity contribution is -0.113. The molecular formula is C23H27N7O3S. The second-order valence-corrected chi connectivity index (χ2v) is 8.83. The Morgan fingerprint density at radius 1 is 1.12 bits per heavy atom. The van der Waals surface area contributed by atoms with E-state index in [4.69, 9.17) is 4.74 Å². The van der Waals surface area contributed by atoms with Crippen LogP contribution in [-0.2, 0) is 23.1 Å². The van der Waals surface area contributed by atoms with Crippen LogP contribution >= 0.6 is 11.8 Å². The van der Waals surface area contributed by atoms with Crippen molar-refractivity contribution in [3.63, 3.8) is 0 Å². The summed E-state index contributed by atoms with van der Waals surface area (Å²) in [5, 5.41) is 14.5. The lowest BCUT2D eigenvalue weighted by Gasteiger charge is -2.31. The Labute approximate surface area is 202 Å². The van der Waals surface area contributed by atoms with Gasteiger partial charge >= 0.3 is 0 Å². The molecule has 10 nitrogen and oxygen atoms in total. The first kappa shape index (κ1) is 23.7. The summed E-state index contributed by atoms with van der Waals surface area (Å²) in [6, 6.07) is 15.1. The molecule has 0 atom stereocenters. The van der Waals surface area contributed by atoms with Crippen LogP contribution in [0.4, 0.5) is 11.4 Å². The average Bonchev–Trinajstić information content (AvgIpc) is 3.28. The van der Waals surface area contributed by atoms with Gasteiger partial charge in [-0.05, 0) is 46.3 Å². The molecule has 0 bridgehead atoms. The molecule has 1 aromatic heterocycles. The van der Waals surface area contributed by atoms with Crippen molar-refractivity contribution in [2.24, 2.45) is 7.05 Å². The highest BCUT2D eigenvalue weighted by Gasteiger charge is 2.18. The predicted octanol–water partition coefficient (Wildman–Crippen LogP) is 2.05. The third kappa shape index (κ3) is 5.91. The fourth-order valence-corrected chi connectivity index (χ4v) is 4.32. The monoisotopic (exact) mass is 481 g/mol. The van der Waals surface area contributed by atoms with Gasteiger partial charge in [0.1, 0.15) is 0 Å². The topological polar surface area (TPSA) is 105 Å². The molecule has 1 N–H and O–H groups in total. The molecule has 1 aliphatic heterocycles. The summed E-state index contributed by atoms with van der Waals surface area (Å²) < 4.78 is 6.97. The Kier molecular flexibility index (Phi) is 7.76. The van der Waals surface area contributed by atoms with Gasteiger partial charge in [-0.2, -0.15) is 0 Å². The summed E-state index contributed by atoms with van der Waals surface area (Å²) in [5.41, 5.74) is 3.42. The van der Waals surface area contributed by atoms with Gasteiger partial charge in [0.25, 0.3) is 5.91 Å². The zero-order valence-corrected chi connectivity index (χ0v) is 20.0. The van der Waals surface area contributed by atoms with Gasteiger partial charge in [-0.25, -0.2) is 4.68 Å². The van der Waals surface area contributed by atoms with Gasteiger partial charge in [-0.1, -0.05) is 30.0 Å².